The molecule has 37 heavy (non-hydrogen) atoms. The number of nitrogens with zero attached hydrogens (tertiary/aromatic N) is 2. The zero-order chi connectivity index (χ0) is 25.5. The van der Waals surface area contributed by atoms with Crippen molar-refractivity contribution in [1.82, 2.24) is 15.3 Å². The number of halogens is 4. The molecule has 8 nitrogen and oxygen atoms in total. The molecule has 0 bridgehead atoms. The van der Waals surface area contributed by atoms with E-state index in [1.54, 1.807) is 31.3 Å². The molecule has 12 heteroatoms. The normalized spacial score (nSPS) is 19.1. The van der Waals surface area contributed by atoms with Gasteiger partial charge in [-0.05, 0) is 63.8 Å². The van der Waals surface area contributed by atoms with Crippen molar-refractivity contribution in [2.45, 2.75) is 57.7 Å². The van der Waals surface area contributed by atoms with Crippen molar-refractivity contribution in [3.63, 3.8) is 0 Å². The molecule has 2 heterocycles. The largest absolute Gasteiger partial charge is 0.514 e. The van der Waals surface area contributed by atoms with E-state index in [0.717, 1.165) is 31.9 Å². The number of carbonyl (C=O) groups is 2. The summed E-state index contributed by atoms with van der Waals surface area (Å²) >= 11 is 11.8. The number of carbonyl (C=O) groups excluding carboxylic acids is 2. The molecule has 1 atom stereocenters. The quantitative estimate of drug-likeness (QED) is 0.178. The van der Waals surface area contributed by atoms with Gasteiger partial charge < -0.3 is 21.5 Å². The zero-order valence-corrected chi connectivity index (χ0v) is 23.6. The molecule has 5 N–H and O–H groups in total. The van der Waals surface area contributed by atoms with Crippen LogP contribution in [0.5, 0.6) is 0 Å². The van der Waals surface area contributed by atoms with Crippen LogP contribution in [0.4, 0.5) is 5.69 Å². The molecule has 1 fully saturated rings. The van der Waals surface area contributed by atoms with E-state index in [0.29, 0.717) is 33.6 Å². The third-order valence-corrected chi connectivity index (χ3v) is 6.22. The molecule has 0 spiro atoms. The molecular formula is C25H31Cl4N5O3. The summed E-state index contributed by atoms with van der Waals surface area (Å²) in [6, 6.07) is 3.21. The van der Waals surface area contributed by atoms with Crippen LogP contribution in [0.3, 0.4) is 0 Å². The predicted octanol–water partition coefficient (Wildman–Crippen LogP) is 5.64. The van der Waals surface area contributed by atoms with E-state index in [4.69, 9.17) is 33.9 Å². The second kappa shape index (κ2) is 15.1. The Morgan fingerprint density at radius 2 is 1.84 bits per heavy atom. The van der Waals surface area contributed by atoms with E-state index in [1.165, 1.54) is 18.5 Å². The van der Waals surface area contributed by atoms with Gasteiger partial charge in [-0.25, -0.2) is 4.98 Å². The van der Waals surface area contributed by atoms with E-state index in [2.05, 4.69) is 15.6 Å². The average Bonchev–Trinajstić information content (AvgIpc) is 2.84. The van der Waals surface area contributed by atoms with Crippen LogP contribution < -0.4 is 16.4 Å². The molecular weight excluding hydrogens is 560 g/mol. The highest BCUT2D eigenvalue weighted by atomic mass is 35.5. The second-order valence-corrected chi connectivity index (χ2v) is 9.25. The lowest BCUT2D eigenvalue weighted by Gasteiger charge is -2.31. The number of aliphatic hydroxyl groups excluding tert-OH is 1. The van der Waals surface area contributed by atoms with E-state index in [1.807, 2.05) is 0 Å². The highest BCUT2D eigenvalue weighted by Crippen LogP contribution is 2.31. The molecule has 0 saturated heterocycles. The molecule has 3 rings (SSSR count). The first-order valence-electron chi connectivity index (χ1n) is 11.3. The van der Waals surface area contributed by atoms with Crippen LogP contribution in [-0.2, 0) is 4.79 Å². The number of nitrogens with two attached hydrogens (primary N) is 1. The number of Topliss-reactive ketones (excluding diaryl/α,β-unsaturated/α-hetero) is 1. The summed E-state index contributed by atoms with van der Waals surface area (Å²) in [4.78, 5) is 33.5. The lowest BCUT2D eigenvalue weighted by Crippen LogP contribution is -2.46. The third-order valence-electron chi connectivity index (χ3n) is 5.88. The summed E-state index contributed by atoms with van der Waals surface area (Å²) < 4.78 is 0. The minimum atomic E-state index is -0.539. The second-order valence-electron chi connectivity index (χ2n) is 8.56. The van der Waals surface area contributed by atoms with Crippen LogP contribution in [0, 0.1) is 0 Å². The van der Waals surface area contributed by atoms with Crippen LogP contribution in [0.2, 0.25) is 0 Å². The van der Waals surface area contributed by atoms with Crippen molar-refractivity contribution >= 4 is 82.0 Å². The molecule has 0 radical (unpaired) electrons. The van der Waals surface area contributed by atoms with E-state index >= 15 is 0 Å². The SMILES string of the molecule is CC(=O)c1cnc2ccc(C(/C=C/Cl)=C/C(Cl)=C/O)nc2c1NC1CCC(NC(=O)C(C)N)CC1.Cl.Cl. The van der Waals surface area contributed by atoms with Gasteiger partial charge in [-0.2, -0.15) is 0 Å². The maximum absolute atomic E-state index is 12.4. The molecule has 1 aliphatic rings. The van der Waals surface area contributed by atoms with Gasteiger partial charge >= 0.3 is 0 Å². The Kier molecular flexibility index (Phi) is 13.4. The number of ketones is 1. The number of fused-ring (bicyclic) bond motifs is 1. The highest BCUT2D eigenvalue weighted by molar-refractivity contribution is 6.31. The number of allylic oxidation sites excluding steroid dienone is 4. The number of rotatable bonds is 8. The standard InChI is InChI=1S/C25H29Cl2N5O3.2ClH/c1-14(28)25(35)31-19-5-3-18(4-6-19)30-23-20(15(2)34)12-29-22-8-7-21(32-24(22)23)16(9-10-26)11-17(27)13-33;;/h7-14,18-19,33H,3-6,28H2,1-2H3,(H,29,30)(H,31,35);2*1H/b10-9+,16-11+,17-13-;;. The van der Waals surface area contributed by atoms with Gasteiger partial charge in [0, 0.05) is 29.4 Å². The van der Waals surface area contributed by atoms with Crippen LogP contribution in [0.1, 0.15) is 55.6 Å². The molecule has 1 amide bonds. The number of hydrogen-bond donors (Lipinski definition) is 4. The van der Waals surface area contributed by atoms with Crippen molar-refractivity contribution in [2.24, 2.45) is 5.73 Å². The number of aliphatic hydroxyl groups is 1. The molecule has 1 unspecified atom stereocenters. The summed E-state index contributed by atoms with van der Waals surface area (Å²) in [5.74, 6) is -0.280. The van der Waals surface area contributed by atoms with Crippen LogP contribution >= 0.6 is 48.0 Å². The van der Waals surface area contributed by atoms with Gasteiger partial charge in [0.05, 0.1) is 39.8 Å². The predicted molar refractivity (Wildman–Crippen MR) is 155 cm³/mol. The van der Waals surface area contributed by atoms with Gasteiger partial charge in [-0.3, -0.25) is 14.6 Å². The van der Waals surface area contributed by atoms with Crippen LogP contribution in [0.25, 0.3) is 16.6 Å². The number of amides is 1. The van der Waals surface area contributed by atoms with Gasteiger partial charge in [0.1, 0.15) is 5.52 Å². The van der Waals surface area contributed by atoms with Crippen molar-refractivity contribution < 1.29 is 14.7 Å². The Bertz CT molecular complexity index is 1190. The third kappa shape index (κ3) is 8.58. The summed E-state index contributed by atoms with van der Waals surface area (Å²) in [6.45, 7) is 3.16. The fraction of sp³-hybridized carbons (Fsp3) is 0.360. The number of hydrogen-bond acceptors (Lipinski definition) is 7. The van der Waals surface area contributed by atoms with Gasteiger partial charge in [-0.1, -0.05) is 23.2 Å². The zero-order valence-electron chi connectivity index (χ0n) is 20.4. The summed E-state index contributed by atoms with van der Waals surface area (Å²) in [6.07, 6.45) is 8.68. The Morgan fingerprint density at radius 1 is 1.19 bits per heavy atom. The maximum atomic E-state index is 12.4. The van der Waals surface area contributed by atoms with E-state index < -0.39 is 6.04 Å². The molecule has 1 saturated carbocycles. The van der Waals surface area contributed by atoms with Crippen molar-refractivity contribution in [3.05, 3.63) is 58.6 Å². The fourth-order valence-electron chi connectivity index (χ4n) is 4.02. The van der Waals surface area contributed by atoms with Crippen molar-refractivity contribution in [2.75, 3.05) is 5.32 Å². The Labute approximate surface area is 238 Å². The number of nitrogens with one attached hydrogen (secondary N) is 2. The summed E-state index contributed by atoms with van der Waals surface area (Å²) in [5, 5.41) is 15.8. The average molecular weight is 591 g/mol. The Hall–Kier alpha value is -2.36. The van der Waals surface area contributed by atoms with Gasteiger partial charge in [-0.15, -0.1) is 24.8 Å². The Balaban J connectivity index is 0.00000342. The molecule has 1 aliphatic carbocycles. The van der Waals surface area contributed by atoms with Crippen LogP contribution in [-0.4, -0.2) is 44.9 Å². The lowest BCUT2D eigenvalue weighted by atomic mass is 9.90. The maximum Gasteiger partial charge on any atom is 0.236 e. The van der Waals surface area contributed by atoms with Crippen molar-refractivity contribution in [1.29, 1.82) is 0 Å². The van der Waals surface area contributed by atoms with E-state index in [9.17, 15) is 14.7 Å². The number of anilines is 1. The van der Waals surface area contributed by atoms with Crippen LogP contribution in [0.15, 0.2) is 47.3 Å². The number of pyridine rings is 2. The fourth-order valence-corrected chi connectivity index (χ4v) is 4.27. The van der Waals surface area contributed by atoms with Gasteiger partial charge in [0.15, 0.2) is 5.78 Å². The summed E-state index contributed by atoms with van der Waals surface area (Å²) in [5.41, 5.74) is 10.3. The van der Waals surface area contributed by atoms with Crippen molar-refractivity contribution in [3.8, 4) is 0 Å². The molecule has 202 valence electrons. The smallest absolute Gasteiger partial charge is 0.236 e. The molecule has 2 aromatic heterocycles. The Morgan fingerprint density at radius 3 is 2.41 bits per heavy atom. The van der Waals surface area contributed by atoms with Gasteiger partial charge in [0.2, 0.25) is 5.91 Å². The first-order chi connectivity index (χ1) is 16.7. The van der Waals surface area contributed by atoms with Gasteiger partial charge in [0.25, 0.3) is 0 Å². The van der Waals surface area contributed by atoms with E-state index in [-0.39, 0.29) is 53.6 Å². The highest BCUT2D eigenvalue weighted by Gasteiger charge is 2.25. The topological polar surface area (TPSA) is 130 Å². The first-order valence-corrected chi connectivity index (χ1v) is 12.2. The molecule has 2 aromatic rings. The monoisotopic (exact) mass is 589 g/mol. The summed E-state index contributed by atoms with van der Waals surface area (Å²) in [7, 11) is 0. The lowest BCUT2D eigenvalue weighted by molar-refractivity contribution is -0.122. The molecule has 0 aliphatic heterocycles. The minimum Gasteiger partial charge on any atom is -0.514 e. The first kappa shape index (κ1) is 32.7. The number of aromatic nitrogens is 2. The minimum absolute atomic E-state index is 0. The molecule has 0 aromatic carbocycles.